The van der Waals surface area contributed by atoms with Crippen molar-refractivity contribution in [3.63, 3.8) is 0 Å². The van der Waals surface area contributed by atoms with Crippen LogP contribution in [0.25, 0.3) is 11.0 Å². The Bertz CT molecular complexity index is 1210. The van der Waals surface area contributed by atoms with E-state index in [0.717, 1.165) is 24.2 Å². The fraction of sp³-hybridized carbons (Fsp3) is 0.125. The maximum atomic E-state index is 13.0. The Labute approximate surface area is 162 Å². The SMILES string of the molecule is O=c1oc2ccccc2c(O)c1[C@@H]1c2ccccc2CCN1c1ccccc1. The summed E-state index contributed by atoms with van der Waals surface area (Å²) >= 11 is 0. The van der Waals surface area contributed by atoms with Crippen LogP contribution in [0.15, 0.2) is 88.1 Å². The molecule has 1 aliphatic rings. The summed E-state index contributed by atoms with van der Waals surface area (Å²) in [6, 6.07) is 24.8. The number of rotatable bonds is 2. The predicted octanol–water partition coefficient (Wildman–Crippen LogP) is 4.65. The molecule has 4 aromatic rings. The fourth-order valence-electron chi connectivity index (χ4n) is 4.16. The lowest BCUT2D eigenvalue weighted by Gasteiger charge is -2.39. The van der Waals surface area contributed by atoms with Gasteiger partial charge in [0, 0.05) is 12.2 Å². The van der Waals surface area contributed by atoms with Crippen LogP contribution in [0.1, 0.15) is 22.7 Å². The Morgan fingerprint density at radius 3 is 2.46 bits per heavy atom. The van der Waals surface area contributed by atoms with E-state index in [1.807, 2.05) is 54.6 Å². The number of aromatic hydroxyl groups is 1. The van der Waals surface area contributed by atoms with E-state index in [1.165, 1.54) is 5.56 Å². The highest BCUT2D eigenvalue weighted by Crippen LogP contribution is 2.41. The first kappa shape index (κ1) is 16.6. The summed E-state index contributed by atoms with van der Waals surface area (Å²) < 4.78 is 5.58. The molecule has 0 saturated heterocycles. The first-order valence-corrected chi connectivity index (χ1v) is 9.38. The lowest BCUT2D eigenvalue weighted by atomic mass is 9.87. The van der Waals surface area contributed by atoms with Crippen molar-refractivity contribution in [2.45, 2.75) is 12.5 Å². The molecule has 1 atom stereocenters. The number of fused-ring (bicyclic) bond motifs is 2. The maximum Gasteiger partial charge on any atom is 0.345 e. The predicted molar refractivity (Wildman–Crippen MR) is 110 cm³/mol. The summed E-state index contributed by atoms with van der Waals surface area (Å²) in [6.07, 6.45) is 0.876. The summed E-state index contributed by atoms with van der Waals surface area (Å²) in [4.78, 5) is 15.2. The van der Waals surface area contributed by atoms with Crippen molar-refractivity contribution in [1.82, 2.24) is 0 Å². The number of benzene rings is 3. The molecular weight excluding hydrogens is 350 g/mol. The average Bonchev–Trinajstić information content (AvgIpc) is 2.74. The molecule has 0 fully saturated rings. The minimum atomic E-state index is -0.501. The first-order chi connectivity index (χ1) is 13.7. The molecule has 1 aromatic heterocycles. The molecule has 0 radical (unpaired) electrons. The highest BCUT2D eigenvalue weighted by atomic mass is 16.4. The van der Waals surface area contributed by atoms with Crippen molar-refractivity contribution in [1.29, 1.82) is 0 Å². The smallest absolute Gasteiger partial charge is 0.345 e. The van der Waals surface area contributed by atoms with Crippen molar-refractivity contribution in [2.75, 3.05) is 11.4 Å². The maximum absolute atomic E-state index is 13.0. The van der Waals surface area contributed by atoms with E-state index in [9.17, 15) is 9.90 Å². The zero-order valence-electron chi connectivity index (χ0n) is 15.2. The first-order valence-electron chi connectivity index (χ1n) is 9.38. The van der Waals surface area contributed by atoms with Gasteiger partial charge in [0.25, 0.3) is 0 Å². The second-order valence-electron chi connectivity index (χ2n) is 7.03. The number of hydrogen-bond acceptors (Lipinski definition) is 4. The molecule has 3 aromatic carbocycles. The molecule has 0 amide bonds. The summed E-state index contributed by atoms with van der Waals surface area (Å²) in [6.45, 7) is 0.747. The monoisotopic (exact) mass is 369 g/mol. The number of anilines is 1. The summed E-state index contributed by atoms with van der Waals surface area (Å²) in [5, 5.41) is 11.6. The quantitative estimate of drug-likeness (QED) is 0.523. The third-order valence-corrected chi connectivity index (χ3v) is 5.46. The van der Waals surface area contributed by atoms with Crippen LogP contribution in [0.5, 0.6) is 5.75 Å². The van der Waals surface area contributed by atoms with Crippen LogP contribution in [0.2, 0.25) is 0 Å². The van der Waals surface area contributed by atoms with Crippen molar-refractivity contribution in [3.8, 4) is 5.75 Å². The Morgan fingerprint density at radius 2 is 1.61 bits per heavy atom. The van der Waals surface area contributed by atoms with Crippen LogP contribution in [0.4, 0.5) is 5.69 Å². The number of nitrogens with zero attached hydrogens (tertiary/aromatic N) is 1. The van der Waals surface area contributed by atoms with Gasteiger partial charge in [-0.05, 0) is 41.8 Å². The highest BCUT2D eigenvalue weighted by Gasteiger charge is 2.34. The minimum absolute atomic E-state index is 0.00511. The summed E-state index contributed by atoms with van der Waals surface area (Å²) in [5.74, 6) is -0.00511. The van der Waals surface area contributed by atoms with Gasteiger partial charge in [-0.25, -0.2) is 4.79 Å². The molecular formula is C24H19NO3. The van der Waals surface area contributed by atoms with E-state index >= 15 is 0 Å². The second-order valence-corrected chi connectivity index (χ2v) is 7.03. The molecule has 1 N–H and O–H groups in total. The van der Waals surface area contributed by atoms with E-state index < -0.39 is 11.7 Å². The van der Waals surface area contributed by atoms with Gasteiger partial charge in [0.1, 0.15) is 16.9 Å². The van der Waals surface area contributed by atoms with Crippen LogP contribution >= 0.6 is 0 Å². The molecule has 5 rings (SSSR count). The number of hydrogen-bond donors (Lipinski definition) is 1. The van der Waals surface area contributed by atoms with Crippen LogP contribution in [-0.4, -0.2) is 11.7 Å². The molecule has 0 saturated carbocycles. The van der Waals surface area contributed by atoms with Gasteiger partial charge in [0.15, 0.2) is 0 Å². The molecule has 28 heavy (non-hydrogen) atoms. The van der Waals surface area contributed by atoms with Crippen LogP contribution < -0.4 is 10.5 Å². The second kappa shape index (κ2) is 6.57. The third-order valence-electron chi connectivity index (χ3n) is 5.46. The molecule has 0 unspecified atom stereocenters. The van der Waals surface area contributed by atoms with E-state index in [2.05, 4.69) is 11.0 Å². The zero-order valence-corrected chi connectivity index (χ0v) is 15.2. The van der Waals surface area contributed by atoms with Crippen molar-refractivity contribution >= 4 is 16.7 Å². The highest BCUT2D eigenvalue weighted by molar-refractivity contribution is 5.84. The van der Waals surface area contributed by atoms with Crippen LogP contribution in [0, 0.1) is 0 Å². The average molecular weight is 369 g/mol. The van der Waals surface area contributed by atoms with Gasteiger partial charge >= 0.3 is 5.63 Å². The Morgan fingerprint density at radius 1 is 0.893 bits per heavy atom. The van der Waals surface area contributed by atoms with Crippen LogP contribution in [-0.2, 0) is 6.42 Å². The van der Waals surface area contributed by atoms with Crippen LogP contribution in [0.3, 0.4) is 0 Å². The van der Waals surface area contributed by atoms with E-state index in [0.29, 0.717) is 11.0 Å². The van der Waals surface area contributed by atoms with Gasteiger partial charge in [-0.1, -0.05) is 54.6 Å². The standard InChI is InChI=1S/C24H19NO3/c26-23-19-12-6-7-13-20(19)28-24(27)21(23)22-18-11-5-4-8-16(18)14-15-25(22)17-9-2-1-3-10-17/h1-13,22,26H,14-15H2/t22-/m0/s1. The third kappa shape index (κ3) is 2.57. The van der Waals surface area contributed by atoms with E-state index in [1.54, 1.807) is 18.2 Å². The normalized spacial score (nSPS) is 16.1. The van der Waals surface area contributed by atoms with E-state index in [-0.39, 0.29) is 11.3 Å². The molecule has 138 valence electrons. The Kier molecular flexibility index (Phi) is 3.90. The summed E-state index contributed by atoms with van der Waals surface area (Å²) in [7, 11) is 0. The Balaban J connectivity index is 1.80. The van der Waals surface area contributed by atoms with Gasteiger partial charge in [0.05, 0.1) is 11.4 Å². The van der Waals surface area contributed by atoms with Gasteiger partial charge in [-0.3, -0.25) is 0 Å². The molecule has 4 heteroatoms. The summed E-state index contributed by atoms with van der Waals surface area (Å²) in [5.41, 5.74) is 3.40. The van der Waals surface area contributed by atoms with Gasteiger partial charge in [-0.15, -0.1) is 0 Å². The van der Waals surface area contributed by atoms with Crippen molar-refractivity contribution in [2.24, 2.45) is 0 Å². The molecule has 1 aliphatic heterocycles. The largest absolute Gasteiger partial charge is 0.507 e. The lowest BCUT2D eigenvalue weighted by molar-refractivity contribution is 0.446. The molecule has 0 spiro atoms. The zero-order chi connectivity index (χ0) is 19.1. The van der Waals surface area contributed by atoms with E-state index in [4.69, 9.17) is 4.42 Å². The van der Waals surface area contributed by atoms with Gasteiger partial charge in [0.2, 0.25) is 0 Å². The molecule has 2 heterocycles. The fourth-order valence-corrected chi connectivity index (χ4v) is 4.16. The van der Waals surface area contributed by atoms with Crippen molar-refractivity contribution < 1.29 is 9.52 Å². The Hall–Kier alpha value is -3.53. The number of para-hydroxylation sites is 2. The van der Waals surface area contributed by atoms with Crippen molar-refractivity contribution in [3.05, 3.63) is 106 Å². The minimum Gasteiger partial charge on any atom is -0.507 e. The molecule has 0 bridgehead atoms. The topological polar surface area (TPSA) is 53.7 Å². The lowest BCUT2D eigenvalue weighted by Crippen LogP contribution is -2.38. The molecule has 0 aliphatic carbocycles. The van der Waals surface area contributed by atoms with Gasteiger partial charge in [-0.2, -0.15) is 0 Å². The van der Waals surface area contributed by atoms with Gasteiger partial charge < -0.3 is 14.4 Å². The molecule has 4 nitrogen and oxygen atoms in total.